The predicted molar refractivity (Wildman–Crippen MR) is 167 cm³/mol. The van der Waals surface area contributed by atoms with Gasteiger partial charge in [-0.15, -0.1) is 0 Å². The van der Waals surface area contributed by atoms with E-state index in [0.29, 0.717) is 70.3 Å². The van der Waals surface area contributed by atoms with Gasteiger partial charge in [0.25, 0.3) is 0 Å². The van der Waals surface area contributed by atoms with E-state index in [1.54, 1.807) is 17.6 Å². The van der Waals surface area contributed by atoms with E-state index >= 15 is 4.39 Å². The average molecular weight is 606 g/mol. The SMILES string of the molecule is Cc1ccc(OCC=CCOc2ccc(C=Cc3ccc(F)c4c(CCCC(=O)O)c(C)n(CC(=O)O)c34)cc2)c(Cl)c1. The second-order valence-electron chi connectivity index (χ2n) is 10.1. The van der Waals surface area contributed by atoms with Crippen LogP contribution >= 0.6 is 11.6 Å². The van der Waals surface area contributed by atoms with Crippen LogP contribution in [-0.2, 0) is 22.6 Å². The normalized spacial score (nSPS) is 11.5. The van der Waals surface area contributed by atoms with Gasteiger partial charge in [-0.05, 0) is 97.5 Å². The number of carbonyl (C=O) groups is 2. The summed E-state index contributed by atoms with van der Waals surface area (Å²) in [5.74, 6) is -1.14. The standard InChI is InChI=1S/C34H33ClFNO6/c1-22-8-17-30(28(35)20-22)43-19-4-3-18-42-26-14-10-24(11-15-26)9-12-25-13-16-29(36)33-27(6-5-7-31(38)39)23(2)37(34(25)33)21-32(40)41/h3-4,8-17,20H,5-7,18-19,21H2,1-2H3,(H,38,39)(H,40,41). The summed E-state index contributed by atoms with van der Waals surface area (Å²) in [6.45, 7) is 4.10. The van der Waals surface area contributed by atoms with Gasteiger partial charge in [0.15, 0.2) is 0 Å². The van der Waals surface area contributed by atoms with Crippen LogP contribution in [0.15, 0.2) is 66.7 Å². The van der Waals surface area contributed by atoms with Gasteiger partial charge in [-0.25, -0.2) is 4.39 Å². The van der Waals surface area contributed by atoms with Crippen LogP contribution in [0.3, 0.4) is 0 Å². The third-order valence-corrected chi connectivity index (χ3v) is 7.25. The third kappa shape index (κ3) is 8.26. The summed E-state index contributed by atoms with van der Waals surface area (Å²) in [7, 11) is 0. The topological polar surface area (TPSA) is 98.0 Å². The van der Waals surface area contributed by atoms with E-state index in [1.807, 2.05) is 73.7 Å². The van der Waals surface area contributed by atoms with Crippen molar-refractivity contribution in [3.05, 3.63) is 106 Å². The number of hydrogen-bond donors (Lipinski definition) is 2. The summed E-state index contributed by atoms with van der Waals surface area (Å²) >= 11 is 6.18. The van der Waals surface area contributed by atoms with Crippen molar-refractivity contribution < 1.29 is 33.7 Å². The number of fused-ring (bicyclic) bond motifs is 1. The number of benzene rings is 3. The Kier molecular flexibility index (Phi) is 10.6. The molecule has 4 rings (SSSR count). The van der Waals surface area contributed by atoms with E-state index in [9.17, 15) is 14.7 Å². The molecule has 0 atom stereocenters. The molecule has 0 bridgehead atoms. The monoisotopic (exact) mass is 605 g/mol. The predicted octanol–water partition coefficient (Wildman–Crippen LogP) is 7.73. The number of aromatic nitrogens is 1. The molecule has 0 spiro atoms. The summed E-state index contributed by atoms with van der Waals surface area (Å²) < 4.78 is 28.1. The van der Waals surface area contributed by atoms with E-state index in [0.717, 1.165) is 11.1 Å². The van der Waals surface area contributed by atoms with Gasteiger partial charge in [-0.3, -0.25) is 9.59 Å². The Hall–Kier alpha value is -4.56. The van der Waals surface area contributed by atoms with Crippen LogP contribution in [-0.4, -0.2) is 39.9 Å². The lowest BCUT2D eigenvalue weighted by atomic mass is 10.0. The van der Waals surface area contributed by atoms with Gasteiger partial charge >= 0.3 is 11.9 Å². The Bertz CT molecular complexity index is 1670. The molecule has 0 radical (unpaired) electrons. The van der Waals surface area contributed by atoms with Gasteiger partial charge < -0.3 is 24.3 Å². The van der Waals surface area contributed by atoms with Crippen LogP contribution < -0.4 is 9.47 Å². The number of halogens is 2. The maximum absolute atomic E-state index is 15.1. The first kappa shape index (κ1) is 31.4. The first-order valence-corrected chi connectivity index (χ1v) is 14.2. The van der Waals surface area contributed by atoms with Crippen molar-refractivity contribution >= 4 is 46.6 Å². The zero-order chi connectivity index (χ0) is 30.9. The molecule has 0 aliphatic carbocycles. The van der Waals surface area contributed by atoms with Gasteiger partial charge in [0, 0.05) is 17.5 Å². The number of ether oxygens (including phenoxy) is 2. The lowest BCUT2D eigenvalue weighted by Gasteiger charge is -2.08. The van der Waals surface area contributed by atoms with E-state index < -0.39 is 17.8 Å². The zero-order valence-corrected chi connectivity index (χ0v) is 24.7. The lowest BCUT2D eigenvalue weighted by Crippen LogP contribution is -2.10. The summed E-state index contributed by atoms with van der Waals surface area (Å²) in [5, 5.41) is 19.5. The second kappa shape index (κ2) is 14.6. The molecule has 0 amide bonds. The Morgan fingerprint density at radius 1 is 0.930 bits per heavy atom. The average Bonchev–Trinajstić information content (AvgIpc) is 3.23. The van der Waals surface area contributed by atoms with Crippen LogP contribution in [0.2, 0.25) is 5.02 Å². The highest BCUT2D eigenvalue weighted by atomic mass is 35.5. The van der Waals surface area contributed by atoms with Crippen molar-refractivity contribution in [1.29, 1.82) is 0 Å². The molecule has 1 aromatic heterocycles. The number of carboxylic acid groups (broad SMARTS) is 2. The Morgan fingerprint density at radius 2 is 1.65 bits per heavy atom. The number of carboxylic acids is 2. The Labute approximate surface area is 254 Å². The second-order valence-corrected chi connectivity index (χ2v) is 10.5. The van der Waals surface area contributed by atoms with Gasteiger partial charge in [0.1, 0.15) is 37.1 Å². The molecule has 1 heterocycles. The molecule has 3 aromatic carbocycles. The summed E-state index contributed by atoms with van der Waals surface area (Å²) in [5.41, 5.74) is 4.32. The molecule has 2 N–H and O–H groups in total. The van der Waals surface area contributed by atoms with Crippen LogP contribution in [0.25, 0.3) is 23.1 Å². The fourth-order valence-electron chi connectivity index (χ4n) is 4.86. The summed E-state index contributed by atoms with van der Waals surface area (Å²) in [4.78, 5) is 22.7. The Balaban J connectivity index is 1.43. The number of nitrogens with zero attached hydrogens (tertiary/aromatic N) is 1. The molecule has 0 aliphatic rings. The number of hydrogen-bond acceptors (Lipinski definition) is 4. The molecule has 0 saturated heterocycles. The molecule has 7 nitrogen and oxygen atoms in total. The summed E-state index contributed by atoms with van der Waals surface area (Å²) in [6.07, 6.45) is 8.00. The van der Waals surface area contributed by atoms with Crippen molar-refractivity contribution in [3.63, 3.8) is 0 Å². The third-order valence-electron chi connectivity index (χ3n) is 6.95. The zero-order valence-electron chi connectivity index (χ0n) is 24.0. The Morgan fingerprint density at radius 3 is 2.33 bits per heavy atom. The van der Waals surface area contributed by atoms with Crippen LogP contribution in [0, 0.1) is 19.7 Å². The van der Waals surface area contributed by atoms with Gasteiger partial charge in [0.2, 0.25) is 0 Å². The minimum atomic E-state index is -1.05. The van der Waals surface area contributed by atoms with E-state index in [2.05, 4.69) is 0 Å². The highest BCUT2D eigenvalue weighted by Crippen LogP contribution is 2.33. The number of rotatable bonds is 14. The van der Waals surface area contributed by atoms with E-state index in [4.69, 9.17) is 26.2 Å². The minimum Gasteiger partial charge on any atom is -0.490 e. The number of aryl methyl sites for hydroxylation is 2. The van der Waals surface area contributed by atoms with Crippen molar-refractivity contribution in [3.8, 4) is 11.5 Å². The number of aliphatic carboxylic acids is 2. The summed E-state index contributed by atoms with van der Waals surface area (Å²) in [6, 6.07) is 16.1. The van der Waals surface area contributed by atoms with E-state index in [1.165, 1.54) is 6.07 Å². The first-order chi connectivity index (χ1) is 20.6. The molecule has 4 aromatic rings. The minimum absolute atomic E-state index is 0.0555. The van der Waals surface area contributed by atoms with Gasteiger partial charge in [-0.2, -0.15) is 0 Å². The fraction of sp³-hybridized carbons (Fsp3) is 0.235. The lowest BCUT2D eigenvalue weighted by molar-refractivity contribution is -0.138. The van der Waals surface area contributed by atoms with Crippen LogP contribution in [0.5, 0.6) is 11.5 Å². The van der Waals surface area contributed by atoms with E-state index in [-0.39, 0.29) is 13.0 Å². The van der Waals surface area contributed by atoms with Crippen LogP contribution in [0.1, 0.15) is 40.8 Å². The molecule has 0 saturated carbocycles. The molecule has 0 fully saturated rings. The van der Waals surface area contributed by atoms with Crippen molar-refractivity contribution in [2.24, 2.45) is 0 Å². The molecule has 0 aliphatic heterocycles. The quantitative estimate of drug-likeness (QED) is 0.113. The highest BCUT2D eigenvalue weighted by molar-refractivity contribution is 6.32. The van der Waals surface area contributed by atoms with Crippen molar-refractivity contribution in [2.75, 3.05) is 13.2 Å². The first-order valence-electron chi connectivity index (χ1n) is 13.8. The van der Waals surface area contributed by atoms with Crippen LogP contribution in [0.4, 0.5) is 4.39 Å². The molecular weight excluding hydrogens is 573 g/mol. The van der Waals surface area contributed by atoms with Crippen molar-refractivity contribution in [1.82, 2.24) is 4.57 Å². The molecule has 9 heteroatoms. The largest absolute Gasteiger partial charge is 0.490 e. The molecule has 0 unspecified atom stereocenters. The van der Waals surface area contributed by atoms with Gasteiger partial charge in [-0.1, -0.05) is 42.0 Å². The maximum atomic E-state index is 15.1. The highest BCUT2D eigenvalue weighted by Gasteiger charge is 2.21. The smallest absolute Gasteiger partial charge is 0.323 e. The van der Waals surface area contributed by atoms with Gasteiger partial charge in [0.05, 0.1) is 10.5 Å². The maximum Gasteiger partial charge on any atom is 0.323 e. The fourth-order valence-corrected chi connectivity index (χ4v) is 5.15. The molecule has 224 valence electrons. The molecule has 43 heavy (non-hydrogen) atoms. The van der Waals surface area contributed by atoms with Crippen molar-refractivity contribution in [2.45, 2.75) is 39.7 Å². The molecular formula is C34H33ClFNO6.